The van der Waals surface area contributed by atoms with Gasteiger partial charge < -0.3 is 0 Å². The maximum atomic E-state index is 12.9. The van der Waals surface area contributed by atoms with Gasteiger partial charge in [0.25, 0.3) is 5.69 Å². The molecule has 0 bridgehead atoms. The lowest BCUT2D eigenvalue weighted by Crippen LogP contribution is -2.39. The van der Waals surface area contributed by atoms with Gasteiger partial charge in [0.05, 0.1) is 23.1 Å². The summed E-state index contributed by atoms with van der Waals surface area (Å²) in [5.41, 5.74) is 2.06. The molecule has 1 aliphatic heterocycles. The normalized spacial score (nSPS) is 20.7. The van der Waals surface area contributed by atoms with E-state index in [0.717, 1.165) is 11.1 Å². The summed E-state index contributed by atoms with van der Waals surface area (Å²) in [4.78, 5) is 16.3. The van der Waals surface area contributed by atoms with Crippen LogP contribution in [0.1, 0.15) is 22.7 Å². The van der Waals surface area contributed by atoms with E-state index in [9.17, 15) is 18.5 Å². The second-order valence-corrected chi connectivity index (χ2v) is 8.48. The monoisotopic (exact) mass is 391 g/mol. The maximum absolute atomic E-state index is 12.9. The first kappa shape index (κ1) is 19.4. The molecule has 1 fully saturated rings. The lowest BCUT2D eigenvalue weighted by Gasteiger charge is -2.23. The lowest BCUT2D eigenvalue weighted by atomic mass is 10.0. The van der Waals surface area contributed by atoms with Gasteiger partial charge in [-0.15, -0.1) is 0 Å². The Morgan fingerprint density at radius 2 is 2.00 bits per heavy atom. The van der Waals surface area contributed by atoms with Crippen molar-refractivity contribution in [2.24, 2.45) is 0 Å². The molecule has 2 aromatic rings. The van der Waals surface area contributed by atoms with E-state index in [4.69, 9.17) is 4.84 Å². The minimum Gasteiger partial charge on any atom is -0.297 e. The van der Waals surface area contributed by atoms with Crippen LogP contribution in [0.15, 0.2) is 48.5 Å². The van der Waals surface area contributed by atoms with Crippen LogP contribution in [0, 0.1) is 17.0 Å². The molecular weight excluding hydrogens is 370 g/mol. The van der Waals surface area contributed by atoms with Crippen LogP contribution in [0.4, 0.5) is 5.69 Å². The second-order valence-electron chi connectivity index (χ2n) is 6.50. The Morgan fingerprint density at radius 1 is 1.26 bits per heavy atom. The van der Waals surface area contributed by atoms with E-state index in [1.165, 1.54) is 11.1 Å². The Labute approximate surface area is 157 Å². The predicted molar refractivity (Wildman–Crippen MR) is 100 cm³/mol. The van der Waals surface area contributed by atoms with E-state index >= 15 is 0 Å². The third-order valence-corrected chi connectivity index (χ3v) is 6.33. The second kappa shape index (κ2) is 7.73. The molecule has 2 atom stereocenters. The van der Waals surface area contributed by atoms with Crippen LogP contribution in [0.5, 0.6) is 0 Å². The fraction of sp³-hybridized carbons (Fsp3) is 0.333. The Morgan fingerprint density at radius 3 is 2.70 bits per heavy atom. The summed E-state index contributed by atoms with van der Waals surface area (Å²) in [5.74, 6) is 0. The quantitative estimate of drug-likeness (QED) is 0.599. The number of hydroxylamine groups is 2. The van der Waals surface area contributed by atoms with E-state index in [-0.39, 0.29) is 18.8 Å². The first-order valence-electron chi connectivity index (χ1n) is 8.42. The Hall–Kier alpha value is -2.33. The topological polar surface area (TPSA) is 102 Å². The fourth-order valence-electron chi connectivity index (χ4n) is 3.27. The Kier molecular flexibility index (Phi) is 5.56. The number of nitrogens with one attached hydrogen (secondary N) is 1. The van der Waals surface area contributed by atoms with Crippen LogP contribution < -0.4 is 4.72 Å². The van der Waals surface area contributed by atoms with Gasteiger partial charge in [-0.3, -0.25) is 15.0 Å². The molecule has 2 aromatic carbocycles. The zero-order valence-electron chi connectivity index (χ0n) is 15.0. The fourth-order valence-corrected chi connectivity index (χ4v) is 4.75. The minimum absolute atomic E-state index is 0.0730. The first-order chi connectivity index (χ1) is 12.8. The van der Waals surface area contributed by atoms with Crippen LogP contribution in [-0.2, 0) is 21.4 Å². The van der Waals surface area contributed by atoms with Gasteiger partial charge in [-0.05, 0) is 12.5 Å². The number of aryl methyl sites for hydroxylation is 1. The van der Waals surface area contributed by atoms with Crippen molar-refractivity contribution in [3.63, 3.8) is 0 Å². The van der Waals surface area contributed by atoms with E-state index in [2.05, 4.69) is 4.72 Å². The summed E-state index contributed by atoms with van der Waals surface area (Å²) in [7, 11) is -2.20. The number of para-hydroxylation sites is 1. The zero-order valence-corrected chi connectivity index (χ0v) is 15.8. The number of rotatable bonds is 6. The van der Waals surface area contributed by atoms with Crippen LogP contribution in [-0.4, -0.2) is 37.3 Å². The number of hydrogen-bond acceptors (Lipinski definition) is 6. The summed E-state index contributed by atoms with van der Waals surface area (Å²) in [5, 5.41) is 11.8. The largest absolute Gasteiger partial charge is 0.297 e. The van der Waals surface area contributed by atoms with Crippen molar-refractivity contribution >= 4 is 15.7 Å². The molecule has 1 N–H and O–H groups in total. The lowest BCUT2D eigenvalue weighted by molar-refractivity contribution is -0.386. The van der Waals surface area contributed by atoms with Crippen molar-refractivity contribution in [2.45, 2.75) is 24.8 Å². The van der Waals surface area contributed by atoms with Gasteiger partial charge in [-0.2, -0.15) is 5.06 Å². The van der Waals surface area contributed by atoms with E-state index in [0.29, 0.717) is 5.56 Å². The number of nitro groups is 1. The molecule has 0 saturated carbocycles. The number of nitro benzene ring substituents is 1. The molecule has 0 spiro atoms. The molecule has 0 aromatic heterocycles. The Balaban J connectivity index is 1.87. The van der Waals surface area contributed by atoms with Crippen molar-refractivity contribution in [1.82, 2.24) is 9.79 Å². The minimum atomic E-state index is -3.78. The highest BCUT2D eigenvalue weighted by Crippen LogP contribution is 2.37. The number of nitrogens with zero attached hydrogens (tertiary/aromatic N) is 2. The van der Waals surface area contributed by atoms with E-state index in [1.54, 1.807) is 25.2 Å². The standard InChI is InChI=1S/C18H21N3O5S/c1-13-6-5-7-14(10-13)11-19-27(24,25)17-12-26-20(2)18(17)15-8-3-4-9-16(15)21(22)23/h3-10,17-19H,11-12H2,1-2H3. The molecule has 9 heteroatoms. The maximum Gasteiger partial charge on any atom is 0.274 e. The van der Waals surface area contributed by atoms with Crippen molar-refractivity contribution < 1.29 is 18.2 Å². The molecule has 3 rings (SSSR count). The number of hydrogen-bond donors (Lipinski definition) is 1. The van der Waals surface area contributed by atoms with Crippen molar-refractivity contribution in [1.29, 1.82) is 0 Å². The van der Waals surface area contributed by atoms with Crippen LogP contribution in [0.3, 0.4) is 0 Å². The van der Waals surface area contributed by atoms with Gasteiger partial charge in [-0.25, -0.2) is 13.1 Å². The summed E-state index contributed by atoms with van der Waals surface area (Å²) >= 11 is 0. The molecule has 27 heavy (non-hydrogen) atoms. The third kappa shape index (κ3) is 4.16. The molecule has 0 aliphatic carbocycles. The van der Waals surface area contributed by atoms with Crippen LogP contribution >= 0.6 is 0 Å². The molecule has 1 saturated heterocycles. The van der Waals surface area contributed by atoms with Gasteiger partial charge in [-0.1, -0.05) is 48.0 Å². The van der Waals surface area contributed by atoms with Crippen molar-refractivity contribution in [3.8, 4) is 0 Å². The molecule has 0 amide bonds. The van der Waals surface area contributed by atoms with Crippen LogP contribution in [0.2, 0.25) is 0 Å². The van der Waals surface area contributed by atoms with Gasteiger partial charge >= 0.3 is 0 Å². The average molecular weight is 391 g/mol. The SMILES string of the molecule is Cc1cccc(CNS(=O)(=O)C2CON(C)C2c2ccccc2[N+](=O)[O-])c1. The molecule has 144 valence electrons. The number of sulfonamides is 1. The molecule has 1 aliphatic rings. The molecular formula is C18H21N3O5S. The molecule has 1 heterocycles. The highest BCUT2D eigenvalue weighted by molar-refractivity contribution is 7.90. The van der Waals surface area contributed by atoms with Crippen LogP contribution in [0.25, 0.3) is 0 Å². The molecule has 2 unspecified atom stereocenters. The van der Waals surface area contributed by atoms with E-state index < -0.39 is 26.2 Å². The first-order valence-corrected chi connectivity index (χ1v) is 9.97. The van der Waals surface area contributed by atoms with Gasteiger partial charge in [0, 0.05) is 19.7 Å². The molecule has 8 nitrogen and oxygen atoms in total. The van der Waals surface area contributed by atoms with Crippen molar-refractivity contribution in [3.05, 3.63) is 75.3 Å². The summed E-state index contributed by atoms with van der Waals surface area (Å²) in [6, 6.07) is 12.9. The third-order valence-electron chi connectivity index (χ3n) is 4.60. The summed E-state index contributed by atoms with van der Waals surface area (Å²) in [6.07, 6.45) is 0. The highest BCUT2D eigenvalue weighted by atomic mass is 32.2. The van der Waals surface area contributed by atoms with E-state index in [1.807, 2.05) is 31.2 Å². The highest BCUT2D eigenvalue weighted by Gasteiger charge is 2.45. The Bertz CT molecular complexity index is 948. The summed E-state index contributed by atoms with van der Waals surface area (Å²) < 4.78 is 28.4. The summed E-state index contributed by atoms with van der Waals surface area (Å²) in [6.45, 7) is 2.01. The smallest absolute Gasteiger partial charge is 0.274 e. The predicted octanol–water partition coefficient (Wildman–Crippen LogP) is 2.31. The van der Waals surface area contributed by atoms with Gasteiger partial charge in [0.15, 0.2) is 0 Å². The van der Waals surface area contributed by atoms with Gasteiger partial charge in [0.2, 0.25) is 10.0 Å². The van der Waals surface area contributed by atoms with Gasteiger partial charge in [0.1, 0.15) is 5.25 Å². The zero-order chi connectivity index (χ0) is 19.6. The average Bonchev–Trinajstić information content (AvgIpc) is 3.02. The number of benzene rings is 2. The molecule has 0 radical (unpaired) electrons. The van der Waals surface area contributed by atoms with Crippen molar-refractivity contribution in [2.75, 3.05) is 13.7 Å².